The molecule has 0 bridgehead atoms. The summed E-state index contributed by atoms with van der Waals surface area (Å²) in [6, 6.07) is 6.05. The molecule has 0 aromatic heterocycles. The largest absolute Gasteiger partial charge is 0.490 e. The Hall–Kier alpha value is -1.75. The first kappa shape index (κ1) is 17.1. The van der Waals surface area contributed by atoms with Crippen LogP contribution in [0.2, 0.25) is 0 Å². The van der Waals surface area contributed by atoms with Crippen LogP contribution in [-0.4, -0.2) is 43.7 Å². The quantitative estimate of drug-likeness (QED) is 0.842. The Labute approximate surface area is 144 Å². The zero-order valence-corrected chi connectivity index (χ0v) is 14.6. The van der Waals surface area contributed by atoms with E-state index in [0.29, 0.717) is 32.1 Å². The van der Waals surface area contributed by atoms with Crippen molar-refractivity contribution in [2.24, 2.45) is 5.92 Å². The minimum Gasteiger partial charge on any atom is -0.490 e. The van der Waals surface area contributed by atoms with Crippen LogP contribution in [0, 0.1) is 5.92 Å². The molecule has 0 saturated carbocycles. The Morgan fingerprint density at radius 2 is 2.08 bits per heavy atom. The lowest BCUT2D eigenvalue weighted by molar-refractivity contribution is -0.132. The number of nitrogens with one attached hydrogen (secondary N) is 1. The zero-order valence-electron chi connectivity index (χ0n) is 14.6. The molecule has 3 rings (SSSR count). The Morgan fingerprint density at radius 3 is 2.92 bits per heavy atom. The summed E-state index contributed by atoms with van der Waals surface area (Å²) >= 11 is 0. The highest BCUT2D eigenvalue weighted by Crippen LogP contribution is 2.30. The van der Waals surface area contributed by atoms with Gasteiger partial charge in [0.25, 0.3) is 0 Å². The topological polar surface area (TPSA) is 50.8 Å². The third-order valence-electron chi connectivity index (χ3n) is 4.67. The summed E-state index contributed by atoms with van der Waals surface area (Å²) < 4.78 is 11.4. The van der Waals surface area contributed by atoms with E-state index in [-0.39, 0.29) is 5.91 Å². The maximum Gasteiger partial charge on any atom is 0.223 e. The summed E-state index contributed by atoms with van der Waals surface area (Å²) in [6.07, 6.45) is 3.86. The predicted octanol–water partition coefficient (Wildman–Crippen LogP) is 2.59. The highest BCUT2D eigenvalue weighted by atomic mass is 16.5. The van der Waals surface area contributed by atoms with E-state index in [4.69, 9.17) is 9.47 Å². The van der Waals surface area contributed by atoms with Gasteiger partial charge in [0.1, 0.15) is 0 Å². The summed E-state index contributed by atoms with van der Waals surface area (Å²) in [7, 11) is 0. The van der Waals surface area contributed by atoms with Crippen LogP contribution in [0.25, 0.3) is 0 Å². The fraction of sp³-hybridized carbons (Fsp3) is 0.632. The van der Waals surface area contributed by atoms with Crippen LogP contribution >= 0.6 is 0 Å². The number of benzene rings is 1. The third kappa shape index (κ3) is 4.63. The van der Waals surface area contributed by atoms with Gasteiger partial charge in [-0.3, -0.25) is 4.79 Å². The molecule has 2 aliphatic heterocycles. The van der Waals surface area contributed by atoms with E-state index < -0.39 is 0 Å². The van der Waals surface area contributed by atoms with Gasteiger partial charge in [-0.1, -0.05) is 13.0 Å². The van der Waals surface area contributed by atoms with Crippen LogP contribution in [0.4, 0.5) is 0 Å². The fourth-order valence-corrected chi connectivity index (χ4v) is 3.32. The molecule has 2 aliphatic rings. The van der Waals surface area contributed by atoms with Gasteiger partial charge in [-0.05, 0) is 36.5 Å². The number of fused-ring (bicyclic) bond motifs is 1. The molecule has 5 heteroatoms. The van der Waals surface area contributed by atoms with Crippen molar-refractivity contribution in [3.05, 3.63) is 23.8 Å². The van der Waals surface area contributed by atoms with Crippen molar-refractivity contribution < 1.29 is 14.3 Å². The minimum absolute atomic E-state index is 0.271. The molecule has 0 aliphatic carbocycles. The van der Waals surface area contributed by atoms with Crippen molar-refractivity contribution >= 4 is 5.91 Å². The molecular formula is C19H28N2O3. The molecule has 1 unspecified atom stereocenters. The summed E-state index contributed by atoms with van der Waals surface area (Å²) in [5.41, 5.74) is 1.15. The van der Waals surface area contributed by atoms with Crippen LogP contribution in [0.5, 0.6) is 11.5 Å². The first-order valence-corrected chi connectivity index (χ1v) is 9.09. The number of hydrogen-bond donors (Lipinski definition) is 1. The zero-order chi connectivity index (χ0) is 16.8. The maximum absolute atomic E-state index is 12.2. The maximum atomic E-state index is 12.2. The summed E-state index contributed by atoms with van der Waals surface area (Å²) in [5.74, 6) is 2.56. The molecule has 1 aromatic rings. The Kier molecular flexibility index (Phi) is 5.96. The van der Waals surface area contributed by atoms with Gasteiger partial charge in [-0.15, -0.1) is 0 Å². The minimum atomic E-state index is 0.271. The van der Waals surface area contributed by atoms with Crippen LogP contribution in [-0.2, 0) is 11.3 Å². The molecule has 1 amide bonds. The van der Waals surface area contributed by atoms with Gasteiger partial charge in [0.2, 0.25) is 5.91 Å². The number of carbonyl (C=O) groups is 1. The second kappa shape index (κ2) is 8.38. The van der Waals surface area contributed by atoms with Crippen LogP contribution in [0.1, 0.15) is 38.2 Å². The molecule has 132 valence electrons. The van der Waals surface area contributed by atoms with E-state index in [1.807, 2.05) is 17.0 Å². The average molecular weight is 332 g/mol. The second-order valence-electron chi connectivity index (χ2n) is 6.85. The van der Waals surface area contributed by atoms with E-state index in [1.54, 1.807) is 0 Å². The van der Waals surface area contributed by atoms with Gasteiger partial charge in [0, 0.05) is 39.0 Å². The van der Waals surface area contributed by atoms with Gasteiger partial charge in [0.05, 0.1) is 13.2 Å². The predicted molar refractivity (Wildman–Crippen MR) is 93.4 cm³/mol. The van der Waals surface area contributed by atoms with Crippen LogP contribution in [0.3, 0.4) is 0 Å². The number of amides is 1. The summed E-state index contributed by atoms with van der Waals surface area (Å²) in [4.78, 5) is 14.3. The standard InChI is InChI=1S/C19H28N2O3/c1-15-4-2-9-21(14-15)19(22)7-8-20-13-16-5-6-17-18(12-16)24-11-3-10-23-17/h5-6,12,15,20H,2-4,7-11,13-14H2,1H3. The highest BCUT2D eigenvalue weighted by molar-refractivity contribution is 5.76. The average Bonchev–Trinajstić information content (AvgIpc) is 2.83. The van der Waals surface area contributed by atoms with E-state index >= 15 is 0 Å². The first-order valence-electron chi connectivity index (χ1n) is 9.09. The van der Waals surface area contributed by atoms with Gasteiger partial charge in [0.15, 0.2) is 11.5 Å². The van der Waals surface area contributed by atoms with Crippen molar-refractivity contribution in [3.8, 4) is 11.5 Å². The number of hydrogen-bond acceptors (Lipinski definition) is 4. The van der Waals surface area contributed by atoms with E-state index in [2.05, 4.69) is 18.3 Å². The molecule has 24 heavy (non-hydrogen) atoms. The lowest BCUT2D eigenvalue weighted by atomic mass is 10.00. The molecule has 5 nitrogen and oxygen atoms in total. The van der Waals surface area contributed by atoms with Gasteiger partial charge in [-0.25, -0.2) is 0 Å². The number of nitrogens with zero attached hydrogens (tertiary/aromatic N) is 1. The van der Waals surface area contributed by atoms with Crippen molar-refractivity contribution in [3.63, 3.8) is 0 Å². The number of carbonyl (C=O) groups excluding carboxylic acids is 1. The van der Waals surface area contributed by atoms with E-state index in [9.17, 15) is 4.79 Å². The number of likely N-dealkylation sites (tertiary alicyclic amines) is 1. The molecule has 0 radical (unpaired) electrons. The smallest absolute Gasteiger partial charge is 0.223 e. The van der Waals surface area contributed by atoms with Crippen LogP contribution in [0.15, 0.2) is 18.2 Å². The van der Waals surface area contributed by atoms with Crippen molar-refractivity contribution in [1.29, 1.82) is 0 Å². The lowest BCUT2D eigenvalue weighted by Crippen LogP contribution is -2.40. The number of piperidine rings is 1. The van der Waals surface area contributed by atoms with E-state index in [0.717, 1.165) is 49.5 Å². The van der Waals surface area contributed by atoms with Crippen molar-refractivity contribution in [1.82, 2.24) is 10.2 Å². The Bertz CT molecular complexity index is 562. The number of rotatable bonds is 5. The van der Waals surface area contributed by atoms with Crippen molar-refractivity contribution in [2.45, 2.75) is 39.2 Å². The monoisotopic (exact) mass is 332 g/mol. The normalized spacial score (nSPS) is 20.5. The summed E-state index contributed by atoms with van der Waals surface area (Å²) in [6.45, 7) is 6.92. The first-order chi connectivity index (χ1) is 11.7. The highest BCUT2D eigenvalue weighted by Gasteiger charge is 2.20. The molecule has 0 spiro atoms. The molecule has 1 fully saturated rings. The Balaban J connectivity index is 1.41. The summed E-state index contributed by atoms with van der Waals surface area (Å²) in [5, 5.41) is 3.36. The second-order valence-corrected chi connectivity index (χ2v) is 6.85. The molecule has 1 aromatic carbocycles. The van der Waals surface area contributed by atoms with Gasteiger partial charge in [-0.2, -0.15) is 0 Å². The van der Waals surface area contributed by atoms with Crippen LogP contribution < -0.4 is 14.8 Å². The molecular weight excluding hydrogens is 304 g/mol. The third-order valence-corrected chi connectivity index (χ3v) is 4.67. The Morgan fingerprint density at radius 1 is 1.25 bits per heavy atom. The fourth-order valence-electron chi connectivity index (χ4n) is 3.32. The lowest BCUT2D eigenvalue weighted by Gasteiger charge is -2.31. The molecule has 2 heterocycles. The molecule has 1 atom stereocenters. The molecule has 1 N–H and O–H groups in total. The SMILES string of the molecule is CC1CCCN(C(=O)CCNCc2ccc3c(c2)OCCCO3)C1. The van der Waals surface area contributed by atoms with E-state index in [1.165, 1.54) is 6.42 Å². The number of ether oxygens (including phenoxy) is 2. The van der Waals surface area contributed by atoms with Crippen molar-refractivity contribution in [2.75, 3.05) is 32.8 Å². The van der Waals surface area contributed by atoms with Gasteiger partial charge >= 0.3 is 0 Å². The molecule has 1 saturated heterocycles. The van der Waals surface area contributed by atoms with Gasteiger partial charge < -0.3 is 19.7 Å².